The molecule has 2 heterocycles. The van der Waals surface area contributed by atoms with E-state index in [0.717, 1.165) is 5.69 Å². The molecule has 0 aliphatic carbocycles. The minimum absolute atomic E-state index is 0.223. The zero-order valence-electron chi connectivity index (χ0n) is 14.8. The van der Waals surface area contributed by atoms with Gasteiger partial charge < -0.3 is 10.3 Å². The third-order valence-corrected chi connectivity index (χ3v) is 4.01. The Bertz CT molecular complexity index is 1180. The zero-order valence-corrected chi connectivity index (χ0v) is 14.8. The Morgan fingerprint density at radius 2 is 1.93 bits per heavy atom. The first-order chi connectivity index (χ1) is 13.6. The van der Waals surface area contributed by atoms with Crippen molar-refractivity contribution in [3.05, 3.63) is 82.5 Å². The van der Waals surface area contributed by atoms with E-state index in [9.17, 15) is 9.59 Å². The quantitative estimate of drug-likeness (QED) is 0.565. The number of aromatic nitrogens is 6. The number of aryl methyl sites for hydroxylation is 1. The molecule has 9 nitrogen and oxygen atoms in total. The largest absolute Gasteiger partial charge is 0.322 e. The van der Waals surface area contributed by atoms with Crippen LogP contribution in [-0.2, 0) is 0 Å². The maximum atomic E-state index is 12.5. The summed E-state index contributed by atoms with van der Waals surface area (Å²) >= 11 is 0. The molecule has 0 aliphatic heterocycles. The molecule has 28 heavy (non-hydrogen) atoms. The van der Waals surface area contributed by atoms with Crippen LogP contribution in [0.25, 0.3) is 17.1 Å². The Kier molecular flexibility index (Phi) is 4.47. The molecule has 0 aliphatic rings. The highest BCUT2D eigenvalue weighted by Crippen LogP contribution is 2.19. The molecule has 0 bridgehead atoms. The van der Waals surface area contributed by atoms with Crippen molar-refractivity contribution in [3.63, 3.8) is 0 Å². The lowest BCUT2D eigenvalue weighted by Crippen LogP contribution is -2.12. The minimum Gasteiger partial charge on any atom is -0.322 e. The lowest BCUT2D eigenvalue weighted by atomic mass is 10.1. The number of tetrazole rings is 1. The topological polar surface area (TPSA) is 118 Å². The number of aromatic amines is 1. The molecular weight excluding hydrogens is 358 g/mol. The van der Waals surface area contributed by atoms with Crippen molar-refractivity contribution < 1.29 is 4.79 Å². The van der Waals surface area contributed by atoms with Crippen molar-refractivity contribution in [2.24, 2.45) is 0 Å². The monoisotopic (exact) mass is 373 g/mol. The van der Waals surface area contributed by atoms with Gasteiger partial charge in [-0.25, -0.2) is 9.67 Å². The lowest BCUT2D eigenvalue weighted by Gasteiger charge is -2.08. The summed E-state index contributed by atoms with van der Waals surface area (Å²) in [5.41, 5.74) is 2.93. The van der Waals surface area contributed by atoms with Crippen LogP contribution in [0.3, 0.4) is 0 Å². The molecule has 2 N–H and O–H groups in total. The molecule has 2 aromatic carbocycles. The minimum atomic E-state index is -0.258. The number of carbonyl (C=O) groups excluding carboxylic acids is 1. The lowest BCUT2D eigenvalue weighted by molar-refractivity contribution is 0.102. The Morgan fingerprint density at radius 3 is 2.64 bits per heavy atom. The second kappa shape index (κ2) is 7.23. The van der Waals surface area contributed by atoms with Crippen LogP contribution in [0.5, 0.6) is 0 Å². The van der Waals surface area contributed by atoms with Gasteiger partial charge >= 0.3 is 0 Å². The van der Waals surface area contributed by atoms with E-state index in [1.807, 2.05) is 6.07 Å². The molecule has 4 rings (SSSR count). The summed E-state index contributed by atoms with van der Waals surface area (Å²) in [6, 6.07) is 15.4. The van der Waals surface area contributed by atoms with Gasteiger partial charge in [-0.15, -0.1) is 5.10 Å². The third-order valence-electron chi connectivity index (χ3n) is 4.01. The van der Waals surface area contributed by atoms with Crippen molar-refractivity contribution in [2.45, 2.75) is 6.92 Å². The third kappa shape index (κ3) is 3.68. The highest BCUT2D eigenvalue weighted by atomic mass is 16.1. The maximum absolute atomic E-state index is 12.5. The molecule has 0 saturated carbocycles. The molecule has 0 fully saturated rings. The van der Waals surface area contributed by atoms with Gasteiger partial charge in [0.2, 0.25) is 0 Å². The average Bonchev–Trinajstić information content (AvgIpc) is 3.22. The fraction of sp³-hybridized carbons (Fsp3) is 0.0526. The van der Waals surface area contributed by atoms with Gasteiger partial charge in [0.25, 0.3) is 11.5 Å². The summed E-state index contributed by atoms with van der Waals surface area (Å²) in [7, 11) is 0. The number of nitrogens with one attached hydrogen (secondary N) is 2. The van der Waals surface area contributed by atoms with Crippen molar-refractivity contribution in [1.82, 2.24) is 30.2 Å². The molecule has 138 valence electrons. The van der Waals surface area contributed by atoms with Gasteiger partial charge in [-0.1, -0.05) is 12.1 Å². The second-order valence-electron chi connectivity index (χ2n) is 6.07. The average molecular weight is 373 g/mol. The molecule has 1 amide bonds. The Morgan fingerprint density at radius 1 is 1.11 bits per heavy atom. The predicted molar refractivity (Wildman–Crippen MR) is 102 cm³/mol. The Hall–Kier alpha value is -4.14. The molecule has 0 radical (unpaired) electrons. The number of carbonyl (C=O) groups is 1. The van der Waals surface area contributed by atoms with Crippen molar-refractivity contribution in [3.8, 4) is 17.1 Å². The standard InChI is InChI=1S/C19H15N7O2/c1-12-9-17(27)23-18(21-12)14-3-2-4-15(10-14)22-19(28)13-5-7-16(8-6-13)26-11-20-24-25-26/h2-11H,1H3,(H,22,28)(H,21,23,27). The number of nitrogens with zero attached hydrogens (tertiary/aromatic N) is 5. The first-order valence-electron chi connectivity index (χ1n) is 8.42. The molecular formula is C19H15N7O2. The van der Waals surface area contributed by atoms with Crippen LogP contribution in [0.2, 0.25) is 0 Å². The summed E-state index contributed by atoms with van der Waals surface area (Å²) in [6.07, 6.45) is 1.48. The Labute approximate surface area is 159 Å². The van der Waals surface area contributed by atoms with E-state index in [1.165, 1.54) is 17.1 Å². The van der Waals surface area contributed by atoms with Crippen LogP contribution >= 0.6 is 0 Å². The summed E-state index contributed by atoms with van der Waals surface area (Å²) in [5, 5.41) is 13.8. The summed E-state index contributed by atoms with van der Waals surface area (Å²) in [5.74, 6) is 0.193. The van der Waals surface area contributed by atoms with E-state index in [2.05, 4.69) is 30.8 Å². The van der Waals surface area contributed by atoms with Crippen LogP contribution in [-0.4, -0.2) is 36.1 Å². The highest BCUT2D eigenvalue weighted by molar-refractivity contribution is 6.04. The molecule has 9 heteroatoms. The fourth-order valence-corrected chi connectivity index (χ4v) is 2.71. The zero-order chi connectivity index (χ0) is 19.5. The van der Waals surface area contributed by atoms with Crippen LogP contribution in [0, 0.1) is 6.92 Å². The maximum Gasteiger partial charge on any atom is 0.255 e. The summed E-state index contributed by atoms with van der Waals surface area (Å²) < 4.78 is 1.50. The van der Waals surface area contributed by atoms with Crippen LogP contribution in [0.15, 0.2) is 65.7 Å². The van der Waals surface area contributed by atoms with Gasteiger partial charge in [0.1, 0.15) is 12.2 Å². The van der Waals surface area contributed by atoms with E-state index >= 15 is 0 Å². The van der Waals surface area contributed by atoms with Crippen LogP contribution in [0.4, 0.5) is 5.69 Å². The van der Waals surface area contributed by atoms with E-state index in [1.54, 1.807) is 49.4 Å². The van der Waals surface area contributed by atoms with E-state index in [4.69, 9.17) is 0 Å². The second-order valence-corrected chi connectivity index (χ2v) is 6.07. The van der Waals surface area contributed by atoms with Gasteiger partial charge in [0.05, 0.1) is 5.69 Å². The number of amides is 1. The Balaban J connectivity index is 1.54. The van der Waals surface area contributed by atoms with Gasteiger partial charge in [0, 0.05) is 28.6 Å². The predicted octanol–water partition coefficient (Wildman–Crippen LogP) is 1.97. The first-order valence-corrected chi connectivity index (χ1v) is 8.42. The van der Waals surface area contributed by atoms with Crippen molar-refractivity contribution in [2.75, 3.05) is 5.32 Å². The number of benzene rings is 2. The van der Waals surface area contributed by atoms with Gasteiger partial charge in [-0.2, -0.15) is 0 Å². The van der Waals surface area contributed by atoms with Gasteiger partial charge in [0.15, 0.2) is 0 Å². The van der Waals surface area contributed by atoms with Crippen molar-refractivity contribution >= 4 is 11.6 Å². The smallest absolute Gasteiger partial charge is 0.255 e. The SMILES string of the molecule is Cc1cc(=O)[nH]c(-c2cccc(NC(=O)c3ccc(-n4cnnn4)cc3)c2)n1. The number of rotatable bonds is 4. The van der Waals surface area contributed by atoms with E-state index < -0.39 is 0 Å². The number of hydrogen-bond donors (Lipinski definition) is 2. The fourth-order valence-electron chi connectivity index (χ4n) is 2.71. The van der Waals surface area contributed by atoms with Gasteiger partial charge in [-0.05, 0) is 53.7 Å². The first kappa shape index (κ1) is 17.3. The number of hydrogen-bond acceptors (Lipinski definition) is 6. The molecule has 0 saturated heterocycles. The number of H-pyrrole nitrogens is 1. The van der Waals surface area contributed by atoms with E-state index in [-0.39, 0.29) is 11.5 Å². The highest BCUT2D eigenvalue weighted by Gasteiger charge is 2.09. The molecule has 0 atom stereocenters. The van der Waals surface area contributed by atoms with E-state index in [0.29, 0.717) is 28.3 Å². The van der Waals surface area contributed by atoms with Crippen LogP contribution < -0.4 is 10.9 Å². The molecule has 2 aromatic heterocycles. The van der Waals surface area contributed by atoms with Crippen molar-refractivity contribution in [1.29, 1.82) is 0 Å². The summed E-state index contributed by atoms with van der Waals surface area (Å²) in [4.78, 5) is 31.2. The normalized spacial score (nSPS) is 10.6. The number of anilines is 1. The van der Waals surface area contributed by atoms with Gasteiger partial charge in [-0.3, -0.25) is 9.59 Å². The van der Waals surface area contributed by atoms with Crippen LogP contribution in [0.1, 0.15) is 16.1 Å². The molecule has 4 aromatic rings. The molecule has 0 unspecified atom stereocenters. The molecule has 0 spiro atoms. The summed E-state index contributed by atoms with van der Waals surface area (Å²) in [6.45, 7) is 1.75.